The minimum atomic E-state index is -0.222. The summed E-state index contributed by atoms with van der Waals surface area (Å²) in [6.07, 6.45) is 0.252. The fourth-order valence-electron chi connectivity index (χ4n) is 2.78. The number of anilines is 1. The number of amides is 1. The first-order chi connectivity index (χ1) is 14.0. The number of ether oxygens (including phenoxy) is 1. The van der Waals surface area contributed by atoms with Gasteiger partial charge in [0.15, 0.2) is 10.9 Å². The minimum absolute atomic E-state index is 0.0749. The van der Waals surface area contributed by atoms with Gasteiger partial charge in [-0.2, -0.15) is 0 Å². The Balaban J connectivity index is 1.56. The SMILES string of the molecule is CCOc1ccc(C(=O)CCC(=O)Nc2nc(-c3ccc(Br)cc3)c(C)s2)cc1. The smallest absolute Gasteiger partial charge is 0.226 e. The third kappa shape index (κ3) is 5.74. The zero-order valence-electron chi connectivity index (χ0n) is 16.2. The molecule has 1 heterocycles. The van der Waals surface area contributed by atoms with Gasteiger partial charge in [-0.05, 0) is 50.2 Å². The second-order valence-electron chi connectivity index (χ2n) is 6.36. The van der Waals surface area contributed by atoms with Crippen LogP contribution in [-0.2, 0) is 4.79 Å². The zero-order chi connectivity index (χ0) is 20.8. The van der Waals surface area contributed by atoms with E-state index < -0.39 is 0 Å². The van der Waals surface area contributed by atoms with Crippen LogP contribution >= 0.6 is 27.3 Å². The predicted octanol–water partition coefficient (Wildman–Crippen LogP) is 5.88. The molecule has 0 saturated heterocycles. The first-order valence-corrected chi connectivity index (χ1v) is 10.9. The summed E-state index contributed by atoms with van der Waals surface area (Å²) in [5.74, 6) is 0.428. The highest BCUT2D eigenvalue weighted by Gasteiger charge is 2.14. The molecule has 7 heteroatoms. The molecule has 0 aliphatic rings. The van der Waals surface area contributed by atoms with E-state index >= 15 is 0 Å². The first kappa shape index (κ1) is 21.2. The molecule has 0 saturated carbocycles. The molecule has 0 fully saturated rings. The van der Waals surface area contributed by atoms with Gasteiger partial charge in [-0.15, -0.1) is 11.3 Å². The summed E-state index contributed by atoms with van der Waals surface area (Å²) < 4.78 is 6.37. The van der Waals surface area contributed by atoms with Crippen LogP contribution < -0.4 is 10.1 Å². The van der Waals surface area contributed by atoms with Gasteiger partial charge in [-0.3, -0.25) is 9.59 Å². The summed E-state index contributed by atoms with van der Waals surface area (Å²) >= 11 is 4.85. The lowest BCUT2D eigenvalue weighted by Gasteiger charge is -2.05. The maximum absolute atomic E-state index is 12.3. The lowest BCUT2D eigenvalue weighted by atomic mass is 10.1. The molecule has 150 valence electrons. The van der Waals surface area contributed by atoms with Gasteiger partial charge in [0, 0.05) is 33.3 Å². The van der Waals surface area contributed by atoms with Gasteiger partial charge in [0.05, 0.1) is 12.3 Å². The van der Waals surface area contributed by atoms with E-state index in [1.54, 1.807) is 24.3 Å². The van der Waals surface area contributed by atoms with E-state index in [0.29, 0.717) is 17.3 Å². The van der Waals surface area contributed by atoms with Crippen molar-refractivity contribution in [2.45, 2.75) is 26.7 Å². The summed E-state index contributed by atoms with van der Waals surface area (Å²) in [5, 5.41) is 3.34. The molecule has 3 aromatic rings. The number of hydrogen-bond donors (Lipinski definition) is 1. The molecule has 0 atom stereocenters. The van der Waals surface area contributed by atoms with Crippen LogP contribution in [0.3, 0.4) is 0 Å². The summed E-state index contributed by atoms with van der Waals surface area (Å²) in [7, 11) is 0. The van der Waals surface area contributed by atoms with E-state index in [0.717, 1.165) is 26.4 Å². The molecule has 0 spiro atoms. The van der Waals surface area contributed by atoms with Crippen LogP contribution in [0.15, 0.2) is 53.0 Å². The molecular weight excluding hydrogens is 452 g/mol. The fourth-order valence-corrected chi connectivity index (χ4v) is 3.90. The highest BCUT2D eigenvalue weighted by atomic mass is 79.9. The molecule has 29 heavy (non-hydrogen) atoms. The average molecular weight is 473 g/mol. The van der Waals surface area contributed by atoms with Gasteiger partial charge < -0.3 is 10.1 Å². The molecule has 0 aliphatic carbocycles. The maximum Gasteiger partial charge on any atom is 0.226 e. The van der Waals surface area contributed by atoms with Crippen molar-refractivity contribution < 1.29 is 14.3 Å². The van der Waals surface area contributed by atoms with Gasteiger partial charge in [-0.25, -0.2) is 4.98 Å². The summed E-state index contributed by atoms with van der Waals surface area (Å²) in [4.78, 5) is 30.1. The van der Waals surface area contributed by atoms with Crippen molar-refractivity contribution in [3.63, 3.8) is 0 Å². The number of carbonyl (C=O) groups is 2. The Kier molecular flexibility index (Phi) is 7.17. The van der Waals surface area contributed by atoms with Crippen molar-refractivity contribution in [2.24, 2.45) is 0 Å². The molecule has 0 aliphatic heterocycles. The van der Waals surface area contributed by atoms with Crippen molar-refractivity contribution in [2.75, 3.05) is 11.9 Å². The van der Waals surface area contributed by atoms with Gasteiger partial charge in [0.1, 0.15) is 5.75 Å². The second kappa shape index (κ2) is 9.80. The van der Waals surface area contributed by atoms with E-state index in [2.05, 4.69) is 26.2 Å². The van der Waals surface area contributed by atoms with Gasteiger partial charge in [-0.1, -0.05) is 28.1 Å². The Morgan fingerprint density at radius 2 is 1.76 bits per heavy atom. The summed E-state index contributed by atoms with van der Waals surface area (Å²) in [5.41, 5.74) is 2.42. The number of hydrogen-bond acceptors (Lipinski definition) is 5. The normalized spacial score (nSPS) is 10.6. The van der Waals surface area contributed by atoms with Gasteiger partial charge in [0.25, 0.3) is 0 Å². The van der Waals surface area contributed by atoms with Crippen LogP contribution in [0.5, 0.6) is 5.75 Å². The number of aryl methyl sites for hydroxylation is 1. The lowest BCUT2D eigenvalue weighted by Crippen LogP contribution is -2.13. The fraction of sp³-hybridized carbons (Fsp3) is 0.227. The Morgan fingerprint density at radius 1 is 1.07 bits per heavy atom. The monoisotopic (exact) mass is 472 g/mol. The van der Waals surface area contributed by atoms with Crippen molar-refractivity contribution in [1.29, 1.82) is 0 Å². The van der Waals surface area contributed by atoms with Gasteiger partial charge in [0.2, 0.25) is 5.91 Å². The second-order valence-corrected chi connectivity index (χ2v) is 8.48. The van der Waals surface area contributed by atoms with Crippen molar-refractivity contribution in [3.8, 4) is 17.0 Å². The number of halogens is 1. The molecule has 3 rings (SSSR count). The van der Waals surface area contributed by atoms with E-state index in [9.17, 15) is 9.59 Å². The Bertz CT molecular complexity index is 998. The van der Waals surface area contributed by atoms with Crippen molar-refractivity contribution in [3.05, 3.63) is 63.4 Å². The molecule has 1 amide bonds. The highest BCUT2D eigenvalue weighted by molar-refractivity contribution is 9.10. The minimum Gasteiger partial charge on any atom is -0.494 e. The Labute approximate surface area is 182 Å². The number of rotatable bonds is 8. The topological polar surface area (TPSA) is 68.3 Å². The standard InChI is InChI=1S/C22H21BrN2O3S/c1-3-28-18-10-6-15(7-11-18)19(26)12-13-20(27)24-22-25-21(14(2)29-22)16-4-8-17(23)9-5-16/h4-11H,3,12-13H2,1-2H3,(H,24,25,27). The zero-order valence-corrected chi connectivity index (χ0v) is 18.6. The van der Waals surface area contributed by atoms with Gasteiger partial charge >= 0.3 is 0 Å². The number of Topliss-reactive ketones (excluding diaryl/α,β-unsaturated/α-hetero) is 1. The number of benzene rings is 2. The number of thiazole rings is 1. The van der Waals surface area contributed by atoms with E-state index in [4.69, 9.17) is 4.74 Å². The number of ketones is 1. The van der Waals surface area contributed by atoms with Crippen LogP contribution in [0.4, 0.5) is 5.13 Å². The van der Waals surface area contributed by atoms with E-state index in [1.807, 2.05) is 38.1 Å². The van der Waals surface area contributed by atoms with E-state index in [1.165, 1.54) is 11.3 Å². The molecule has 1 aromatic heterocycles. The highest BCUT2D eigenvalue weighted by Crippen LogP contribution is 2.31. The van der Waals surface area contributed by atoms with Crippen molar-refractivity contribution >= 4 is 44.1 Å². The van der Waals surface area contributed by atoms with Crippen LogP contribution in [0.2, 0.25) is 0 Å². The predicted molar refractivity (Wildman–Crippen MR) is 120 cm³/mol. The summed E-state index contributed by atoms with van der Waals surface area (Å²) in [6.45, 7) is 4.46. The molecular formula is C22H21BrN2O3S. The summed E-state index contributed by atoms with van der Waals surface area (Å²) in [6, 6.07) is 14.8. The maximum atomic E-state index is 12.3. The molecule has 0 radical (unpaired) electrons. The largest absolute Gasteiger partial charge is 0.494 e. The average Bonchev–Trinajstić information content (AvgIpc) is 3.07. The number of nitrogens with zero attached hydrogens (tertiary/aromatic N) is 1. The van der Waals surface area contributed by atoms with E-state index in [-0.39, 0.29) is 24.5 Å². The Morgan fingerprint density at radius 3 is 2.41 bits per heavy atom. The Hall–Kier alpha value is -2.51. The van der Waals surface area contributed by atoms with Crippen LogP contribution in [0, 0.1) is 6.92 Å². The molecule has 5 nitrogen and oxygen atoms in total. The molecule has 0 bridgehead atoms. The van der Waals surface area contributed by atoms with Crippen LogP contribution in [0.25, 0.3) is 11.3 Å². The quantitative estimate of drug-likeness (QED) is 0.415. The van der Waals surface area contributed by atoms with Crippen LogP contribution in [0.1, 0.15) is 35.0 Å². The molecule has 0 unspecified atom stereocenters. The molecule has 2 aromatic carbocycles. The third-order valence-corrected chi connectivity index (χ3v) is 5.64. The number of aromatic nitrogens is 1. The van der Waals surface area contributed by atoms with Crippen molar-refractivity contribution in [1.82, 2.24) is 4.98 Å². The number of nitrogens with one attached hydrogen (secondary N) is 1. The first-order valence-electron chi connectivity index (χ1n) is 9.25. The third-order valence-electron chi connectivity index (χ3n) is 4.23. The lowest BCUT2D eigenvalue weighted by molar-refractivity contribution is -0.116. The number of carbonyl (C=O) groups excluding carboxylic acids is 2. The van der Waals surface area contributed by atoms with Crippen LogP contribution in [-0.4, -0.2) is 23.3 Å². The molecule has 1 N–H and O–H groups in total.